The number of allylic oxidation sites excluding steroid dienone is 1. The molecule has 1 amide bonds. The number of fused-ring (bicyclic) bond motifs is 5. The monoisotopic (exact) mass is 472 g/mol. The van der Waals surface area contributed by atoms with Gasteiger partial charge in [0.05, 0.1) is 12.1 Å². The van der Waals surface area contributed by atoms with E-state index < -0.39 is 6.10 Å². The molecule has 4 fully saturated rings. The molecule has 0 aromatic rings. The van der Waals surface area contributed by atoms with E-state index in [1.54, 1.807) is 0 Å². The lowest BCUT2D eigenvalue weighted by Gasteiger charge is -2.62. The third kappa shape index (κ3) is 4.29. The lowest BCUT2D eigenvalue weighted by Crippen LogP contribution is -2.61. The van der Waals surface area contributed by atoms with E-state index in [1.165, 1.54) is 37.7 Å². The summed E-state index contributed by atoms with van der Waals surface area (Å²) in [5.74, 6) is 3.59. The highest BCUT2D eigenvalue weighted by Gasteiger charge is 2.62. The Morgan fingerprint density at radius 1 is 0.941 bits per heavy atom. The van der Waals surface area contributed by atoms with Crippen LogP contribution in [0.4, 0.5) is 0 Å². The number of aliphatic hydroxyl groups excluding tert-OH is 1. The van der Waals surface area contributed by atoms with Gasteiger partial charge in [0, 0.05) is 12.5 Å². The minimum Gasteiger partial charge on any atom is -0.391 e. The molecule has 2 N–H and O–H groups in total. The molecule has 4 saturated carbocycles. The van der Waals surface area contributed by atoms with Crippen LogP contribution in [-0.4, -0.2) is 48.2 Å². The Morgan fingerprint density at radius 3 is 2.21 bits per heavy atom. The maximum Gasteiger partial charge on any atom is 0.224 e. The number of aliphatic hydroxyl groups is 1. The molecule has 4 aliphatic rings. The highest BCUT2D eigenvalue weighted by Crippen LogP contribution is 2.67. The van der Waals surface area contributed by atoms with Gasteiger partial charge in [0.1, 0.15) is 0 Å². The fraction of sp³-hybridized carbons (Fsp3) is 0.900. The molecule has 0 aliphatic heterocycles. The first kappa shape index (κ1) is 26.2. The van der Waals surface area contributed by atoms with E-state index in [4.69, 9.17) is 0 Å². The van der Waals surface area contributed by atoms with Gasteiger partial charge in [-0.1, -0.05) is 25.0 Å². The zero-order valence-corrected chi connectivity index (χ0v) is 23.3. The molecule has 10 unspecified atom stereocenters. The number of rotatable bonds is 5. The molecule has 4 rings (SSSR count). The van der Waals surface area contributed by atoms with Crippen molar-refractivity contribution in [2.75, 3.05) is 14.1 Å². The Labute approximate surface area is 209 Å². The number of hydrogen-bond acceptors (Lipinski definition) is 3. The predicted molar refractivity (Wildman–Crippen MR) is 140 cm³/mol. The fourth-order valence-corrected chi connectivity index (χ4v) is 9.36. The number of hydrogen-bond donors (Lipinski definition) is 2. The van der Waals surface area contributed by atoms with Crippen LogP contribution in [0, 0.1) is 40.4 Å². The Hall–Kier alpha value is -0.870. The van der Waals surface area contributed by atoms with E-state index in [-0.39, 0.29) is 17.4 Å². The van der Waals surface area contributed by atoms with Crippen LogP contribution >= 0.6 is 0 Å². The maximum absolute atomic E-state index is 12.7. The van der Waals surface area contributed by atoms with E-state index in [0.29, 0.717) is 23.8 Å². The summed E-state index contributed by atoms with van der Waals surface area (Å²) < 4.78 is 0. The summed E-state index contributed by atoms with van der Waals surface area (Å²) in [6.07, 6.45) is 9.94. The van der Waals surface area contributed by atoms with Crippen molar-refractivity contribution in [3.63, 3.8) is 0 Å². The third-order valence-corrected chi connectivity index (χ3v) is 11.9. The molecule has 4 nitrogen and oxygen atoms in total. The lowest BCUT2D eigenvalue weighted by molar-refractivity contribution is -0.155. The third-order valence-electron chi connectivity index (χ3n) is 11.9. The van der Waals surface area contributed by atoms with Crippen molar-refractivity contribution >= 4 is 5.91 Å². The van der Waals surface area contributed by atoms with Gasteiger partial charge in [-0.3, -0.25) is 4.79 Å². The van der Waals surface area contributed by atoms with Crippen molar-refractivity contribution in [1.29, 1.82) is 0 Å². The van der Waals surface area contributed by atoms with Gasteiger partial charge in [-0.05, 0) is 134 Å². The summed E-state index contributed by atoms with van der Waals surface area (Å²) in [6, 6.07) is 0.562. The van der Waals surface area contributed by atoms with Crippen LogP contribution < -0.4 is 5.32 Å². The minimum absolute atomic E-state index is 0.0699. The summed E-state index contributed by atoms with van der Waals surface area (Å²) in [7, 11) is 4.50. The number of nitrogens with zero attached hydrogens (tertiary/aromatic N) is 1. The molecule has 4 aliphatic carbocycles. The second-order valence-corrected chi connectivity index (χ2v) is 13.7. The van der Waals surface area contributed by atoms with Gasteiger partial charge in [-0.15, -0.1) is 0 Å². The molecule has 194 valence electrons. The van der Waals surface area contributed by atoms with E-state index in [1.807, 2.05) is 6.92 Å². The zero-order valence-electron chi connectivity index (χ0n) is 23.3. The SMILES string of the molecule is CC(C)=C(C)CC(=O)NC1CCC2(C)C(CCC3C2CCC2(C)C3CCC2C(C)N(C)C)C1O. The fourth-order valence-electron chi connectivity index (χ4n) is 9.36. The van der Waals surface area contributed by atoms with Gasteiger partial charge in [-0.25, -0.2) is 0 Å². The van der Waals surface area contributed by atoms with Crippen molar-refractivity contribution in [3.05, 3.63) is 11.1 Å². The smallest absolute Gasteiger partial charge is 0.224 e. The first-order valence-corrected chi connectivity index (χ1v) is 14.2. The standard InChI is InChI=1S/C30H52N2O2/c1-18(2)19(3)17-27(33)31-26-14-16-30(6)24-13-15-29(5)22(20(4)32(7)8)11-12-23(29)21(24)9-10-25(30)28(26)34/h20-26,28,34H,9-17H2,1-8H3,(H,31,33). The van der Waals surface area contributed by atoms with Crippen LogP contribution in [0.3, 0.4) is 0 Å². The lowest BCUT2D eigenvalue weighted by atomic mass is 9.44. The molecular weight excluding hydrogens is 420 g/mol. The first-order valence-electron chi connectivity index (χ1n) is 14.2. The molecule has 0 radical (unpaired) electrons. The van der Waals surface area contributed by atoms with Gasteiger partial charge in [0.15, 0.2) is 0 Å². The second kappa shape index (κ2) is 9.54. The molecule has 0 spiro atoms. The van der Waals surface area contributed by atoms with Crippen LogP contribution in [0.1, 0.15) is 99.3 Å². The van der Waals surface area contributed by atoms with Crippen LogP contribution in [0.15, 0.2) is 11.1 Å². The molecule has 0 heterocycles. The topological polar surface area (TPSA) is 52.6 Å². The summed E-state index contributed by atoms with van der Waals surface area (Å²) in [5, 5.41) is 14.7. The van der Waals surface area contributed by atoms with Crippen molar-refractivity contribution in [3.8, 4) is 0 Å². The molecular formula is C30H52N2O2. The Balaban J connectivity index is 1.47. The quantitative estimate of drug-likeness (QED) is 0.497. The Kier molecular flexibility index (Phi) is 7.35. The highest BCUT2D eigenvalue weighted by molar-refractivity contribution is 5.78. The van der Waals surface area contributed by atoms with Crippen LogP contribution in [0.5, 0.6) is 0 Å². The first-order chi connectivity index (χ1) is 15.9. The Morgan fingerprint density at radius 2 is 1.56 bits per heavy atom. The van der Waals surface area contributed by atoms with Crippen LogP contribution in [0.25, 0.3) is 0 Å². The zero-order chi connectivity index (χ0) is 25.0. The molecule has 10 atom stereocenters. The van der Waals surface area contributed by atoms with E-state index in [2.05, 4.69) is 58.9 Å². The average molecular weight is 473 g/mol. The van der Waals surface area contributed by atoms with Crippen molar-refractivity contribution < 1.29 is 9.90 Å². The Bertz CT molecular complexity index is 802. The van der Waals surface area contributed by atoms with E-state index >= 15 is 0 Å². The minimum atomic E-state index is -0.408. The van der Waals surface area contributed by atoms with Crippen molar-refractivity contribution in [2.45, 2.75) is 118 Å². The van der Waals surface area contributed by atoms with Gasteiger partial charge < -0.3 is 15.3 Å². The summed E-state index contributed by atoms with van der Waals surface area (Å²) in [5.41, 5.74) is 3.03. The molecule has 0 saturated heterocycles. The van der Waals surface area contributed by atoms with Crippen LogP contribution in [0.2, 0.25) is 0 Å². The van der Waals surface area contributed by atoms with E-state index in [9.17, 15) is 9.90 Å². The molecule has 34 heavy (non-hydrogen) atoms. The normalized spacial score (nSPS) is 44.6. The van der Waals surface area contributed by atoms with Gasteiger partial charge >= 0.3 is 0 Å². The number of carbonyl (C=O) groups is 1. The second-order valence-electron chi connectivity index (χ2n) is 13.7. The largest absolute Gasteiger partial charge is 0.391 e. The highest BCUT2D eigenvalue weighted by atomic mass is 16.3. The molecule has 0 aromatic carbocycles. The number of amides is 1. The van der Waals surface area contributed by atoms with Gasteiger partial charge in [-0.2, -0.15) is 0 Å². The summed E-state index contributed by atoms with van der Waals surface area (Å²) in [6.45, 7) is 13.7. The predicted octanol–water partition coefficient (Wildman–Crippen LogP) is 5.80. The summed E-state index contributed by atoms with van der Waals surface area (Å²) >= 11 is 0. The molecule has 4 heteroatoms. The van der Waals surface area contributed by atoms with Crippen LogP contribution in [-0.2, 0) is 4.79 Å². The van der Waals surface area contributed by atoms with E-state index in [0.717, 1.165) is 48.5 Å². The molecule has 0 bridgehead atoms. The van der Waals surface area contributed by atoms with Crippen molar-refractivity contribution in [2.24, 2.45) is 40.4 Å². The number of carbonyl (C=O) groups excluding carboxylic acids is 1. The summed E-state index contributed by atoms with van der Waals surface area (Å²) in [4.78, 5) is 15.1. The van der Waals surface area contributed by atoms with Gasteiger partial charge in [0.25, 0.3) is 0 Å². The maximum atomic E-state index is 12.7. The van der Waals surface area contributed by atoms with Crippen molar-refractivity contribution in [1.82, 2.24) is 10.2 Å². The average Bonchev–Trinajstić information content (AvgIpc) is 3.12. The molecule has 0 aromatic heterocycles. The van der Waals surface area contributed by atoms with Gasteiger partial charge in [0.2, 0.25) is 5.91 Å². The number of nitrogens with one attached hydrogen (secondary N) is 1.